The molecular formula is C13H21BrCl4N2. The van der Waals surface area contributed by atoms with Gasteiger partial charge in [0, 0.05) is 16.4 Å². The molecule has 0 unspecified atom stereocenters. The zero-order chi connectivity index (χ0) is 13.4. The van der Waals surface area contributed by atoms with Crippen LogP contribution in [0.25, 0.3) is 0 Å². The fraction of sp³-hybridized carbons (Fsp3) is 0.538. The third-order valence-electron chi connectivity index (χ3n) is 3.39. The van der Waals surface area contributed by atoms with Gasteiger partial charge in [0.2, 0.25) is 0 Å². The van der Waals surface area contributed by atoms with Crippen molar-refractivity contribution in [2.24, 2.45) is 5.73 Å². The summed E-state index contributed by atoms with van der Waals surface area (Å²) in [7, 11) is 0. The zero-order valence-electron chi connectivity index (χ0n) is 11.1. The monoisotopic (exact) mass is 424 g/mol. The highest BCUT2D eigenvalue weighted by Gasteiger charge is 2.32. The lowest BCUT2D eigenvalue weighted by Gasteiger charge is -2.37. The van der Waals surface area contributed by atoms with Crippen molar-refractivity contribution in [3.05, 3.63) is 34.3 Å². The number of benzene rings is 1. The van der Waals surface area contributed by atoms with Crippen molar-refractivity contribution in [3.8, 4) is 0 Å². The van der Waals surface area contributed by atoms with Gasteiger partial charge >= 0.3 is 0 Å². The van der Waals surface area contributed by atoms with E-state index in [4.69, 9.17) is 28.9 Å². The van der Waals surface area contributed by atoms with Crippen molar-refractivity contribution < 1.29 is 0 Å². The van der Waals surface area contributed by atoms with Gasteiger partial charge in [-0.3, -0.25) is 0 Å². The molecule has 1 fully saturated rings. The van der Waals surface area contributed by atoms with Crippen LogP contribution in [0.2, 0.25) is 0 Å². The van der Waals surface area contributed by atoms with E-state index in [0.29, 0.717) is 0 Å². The summed E-state index contributed by atoms with van der Waals surface area (Å²) in [5, 5.41) is 3.59. The van der Waals surface area contributed by atoms with E-state index in [-0.39, 0.29) is 35.6 Å². The molecule has 2 nitrogen and oxygen atoms in total. The Kier molecular flexibility index (Phi) is 14.2. The van der Waals surface area contributed by atoms with Crippen molar-refractivity contribution in [1.82, 2.24) is 5.32 Å². The molecule has 0 bridgehead atoms. The molecule has 3 N–H and O–H groups in total. The molecule has 0 aromatic heterocycles. The van der Waals surface area contributed by atoms with Gasteiger partial charge in [-0.05, 0) is 43.6 Å². The minimum absolute atomic E-state index is 0. The van der Waals surface area contributed by atoms with E-state index in [1.807, 2.05) is 0 Å². The van der Waals surface area contributed by atoms with Crippen LogP contribution in [-0.2, 0) is 5.41 Å². The average Bonchev–Trinajstić information content (AvgIpc) is 2.40. The van der Waals surface area contributed by atoms with E-state index in [9.17, 15) is 0 Å². The SMILES string of the molecule is Cl.Cl.ClCCl.NCC1(c2cccc(Br)c2)CCNCC1. The average molecular weight is 427 g/mol. The molecule has 0 radical (unpaired) electrons. The lowest BCUT2D eigenvalue weighted by atomic mass is 9.73. The minimum atomic E-state index is 0. The number of hydrogen-bond donors (Lipinski definition) is 2. The van der Waals surface area contributed by atoms with Crippen LogP contribution in [0.4, 0.5) is 0 Å². The molecule has 118 valence electrons. The van der Waals surface area contributed by atoms with Gasteiger partial charge in [0.15, 0.2) is 0 Å². The summed E-state index contributed by atoms with van der Waals surface area (Å²) in [6.07, 6.45) is 2.28. The van der Waals surface area contributed by atoms with Crippen LogP contribution in [0.1, 0.15) is 18.4 Å². The molecular weight excluding hydrogens is 406 g/mol. The summed E-state index contributed by atoms with van der Waals surface area (Å²) in [5.41, 5.74) is 7.54. The molecule has 0 atom stereocenters. The first-order chi connectivity index (χ1) is 8.68. The van der Waals surface area contributed by atoms with Crippen LogP contribution in [-0.4, -0.2) is 25.0 Å². The number of alkyl halides is 2. The van der Waals surface area contributed by atoms with Crippen LogP contribution in [0.3, 0.4) is 0 Å². The van der Waals surface area contributed by atoms with E-state index >= 15 is 0 Å². The van der Waals surface area contributed by atoms with Gasteiger partial charge in [-0.25, -0.2) is 0 Å². The normalized spacial score (nSPS) is 16.0. The Labute approximate surface area is 152 Å². The maximum absolute atomic E-state index is 5.98. The maximum Gasteiger partial charge on any atom is 0.0967 e. The lowest BCUT2D eigenvalue weighted by molar-refractivity contribution is 0.315. The van der Waals surface area contributed by atoms with Crippen LogP contribution >= 0.6 is 63.9 Å². The summed E-state index contributed by atoms with van der Waals surface area (Å²) in [5.74, 6) is 0. The fourth-order valence-electron chi connectivity index (χ4n) is 2.33. The highest BCUT2D eigenvalue weighted by molar-refractivity contribution is 9.10. The molecule has 7 heteroatoms. The molecule has 1 aromatic carbocycles. The predicted molar refractivity (Wildman–Crippen MR) is 98.0 cm³/mol. The number of nitrogens with two attached hydrogens (primary N) is 1. The van der Waals surface area contributed by atoms with Crippen molar-refractivity contribution in [1.29, 1.82) is 0 Å². The second-order valence-corrected chi connectivity index (χ2v) is 6.07. The molecule has 2 rings (SSSR count). The van der Waals surface area contributed by atoms with Gasteiger partial charge in [0.05, 0.1) is 5.34 Å². The van der Waals surface area contributed by atoms with Crippen molar-refractivity contribution in [2.45, 2.75) is 18.3 Å². The molecule has 1 aliphatic rings. The van der Waals surface area contributed by atoms with Crippen LogP contribution in [0.15, 0.2) is 28.7 Å². The van der Waals surface area contributed by atoms with E-state index in [1.165, 1.54) is 5.56 Å². The van der Waals surface area contributed by atoms with Crippen LogP contribution in [0.5, 0.6) is 0 Å². The molecule has 1 saturated heterocycles. The topological polar surface area (TPSA) is 38.0 Å². The standard InChI is InChI=1S/C12H17BrN2.CH2Cl2.2ClH/c13-11-3-1-2-10(8-11)12(9-14)4-6-15-7-5-12;2-1-3;;/h1-3,8,15H,4-7,9,14H2;1H2;2*1H. The van der Waals surface area contributed by atoms with Crippen LogP contribution in [0, 0.1) is 0 Å². The maximum atomic E-state index is 5.98. The molecule has 1 heterocycles. The quantitative estimate of drug-likeness (QED) is 0.692. The Bertz CT molecular complexity index is 360. The summed E-state index contributed by atoms with van der Waals surface area (Å²) < 4.78 is 1.14. The number of hydrogen-bond acceptors (Lipinski definition) is 2. The molecule has 20 heavy (non-hydrogen) atoms. The molecule has 0 amide bonds. The molecule has 1 aliphatic heterocycles. The Morgan fingerprint density at radius 2 is 1.75 bits per heavy atom. The minimum Gasteiger partial charge on any atom is -0.330 e. The predicted octanol–water partition coefficient (Wildman–Crippen LogP) is 4.29. The first-order valence-corrected chi connectivity index (χ1v) is 7.83. The third kappa shape index (κ3) is 6.69. The number of nitrogens with one attached hydrogen (secondary N) is 1. The zero-order valence-corrected chi connectivity index (χ0v) is 15.8. The van der Waals surface area contributed by atoms with E-state index < -0.39 is 0 Å². The summed E-state index contributed by atoms with van der Waals surface area (Å²) in [6.45, 7) is 2.89. The van der Waals surface area contributed by atoms with Gasteiger partial charge in [-0.1, -0.05) is 28.1 Å². The van der Waals surface area contributed by atoms with E-state index in [2.05, 4.69) is 45.5 Å². The Morgan fingerprint density at radius 1 is 1.20 bits per heavy atom. The second-order valence-electron chi connectivity index (χ2n) is 4.35. The third-order valence-corrected chi connectivity index (χ3v) is 3.88. The molecule has 0 saturated carbocycles. The Balaban J connectivity index is 0. The smallest absolute Gasteiger partial charge is 0.0967 e. The van der Waals surface area contributed by atoms with E-state index in [1.54, 1.807) is 0 Å². The summed E-state index contributed by atoms with van der Waals surface area (Å²) in [6, 6.07) is 8.56. The van der Waals surface area contributed by atoms with Gasteiger partial charge in [-0.15, -0.1) is 48.0 Å². The number of piperidine rings is 1. The Morgan fingerprint density at radius 3 is 2.20 bits per heavy atom. The first-order valence-electron chi connectivity index (χ1n) is 5.97. The fourth-order valence-corrected chi connectivity index (χ4v) is 2.73. The molecule has 0 spiro atoms. The van der Waals surface area contributed by atoms with Crippen LogP contribution < -0.4 is 11.1 Å². The van der Waals surface area contributed by atoms with Crippen molar-refractivity contribution in [3.63, 3.8) is 0 Å². The molecule has 0 aliphatic carbocycles. The number of rotatable bonds is 2. The van der Waals surface area contributed by atoms with Crippen molar-refractivity contribution >= 4 is 63.9 Å². The second kappa shape index (κ2) is 12.3. The van der Waals surface area contributed by atoms with Gasteiger partial charge in [-0.2, -0.15) is 0 Å². The summed E-state index contributed by atoms with van der Waals surface area (Å²) in [4.78, 5) is 0. The number of halogens is 5. The van der Waals surface area contributed by atoms with E-state index in [0.717, 1.165) is 36.9 Å². The van der Waals surface area contributed by atoms with Crippen molar-refractivity contribution in [2.75, 3.05) is 25.0 Å². The van der Waals surface area contributed by atoms with Gasteiger partial charge in [0.25, 0.3) is 0 Å². The highest BCUT2D eigenvalue weighted by Crippen LogP contribution is 2.33. The molecule has 1 aromatic rings. The van der Waals surface area contributed by atoms with Gasteiger partial charge in [0.1, 0.15) is 0 Å². The lowest BCUT2D eigenvalue weighted by Crippen LogP contribution is -2.44. The summed E-state index contributed by atoms with van der Waals surface area (Å²) >= 11 is 13.1. The Hall–Kier alpha value is 0.780. The largest absolute Gasteiger partial charge is 0.330 e. The first kappa shape index (κ1) is 23.1. The van der Waals surface area contributed by atoms with Gasteiger partial charge < -0.3 is 11.1 Å². The highest BCUT2D eigenvalue weighted by atomic mass is 79.9.